The number of rotatable bonds is 7. The van der Waals surface area contributed by atoms with Crippen LogP contribution < -0.4 is 10.1 Å². The molecule has 0 heterocycles. The fourth-order valence-electron chi connectivity index (χ4n) is 2.17. The summed E-state index contributed by atoms with van der Waals surface area (Å²) in [6, 6.07) is 8.68. The highest BCUT2D eigenvalue weighted by atomic mass is 19.4. The van der Waals surface area contributed by atoms with E-state index in [4.69, 9.17) is 4.74 Å². The van der Waals surface area contributed by atoms with Gasteiger partial charge in [-0.3, -0.25) is 14.9 Å². The zero-order valence-corrected chi connectivity index (χ0v) is 15.4. The van der Waals surface area contributed by atoms with Gasteiger partial charge in [-0.1, -0.05) is 18.2 Å². The van der Waals surface area contributed by atoms with Crippen molar-refractivity contribution in [2.45, 2.75) is 13.3 Å². The number of nitrogens with one attached hydrogen (secondary N) is 1. The Morgan fingerprint density at radius 3 is 2.43 bits per heavy atom. The van der Waals surface area contributed by atoms with E-state index in [-0.39, 0.29) is 11.4 Å². The monoisotopic (exact) mass is 424 g/mol. The number of carbonyl (C=O) groups is 2. The molecule has 0 aliphatic heterocycles. The van der Waals surface area contributed by atoms with E-state index in [9.17, 15) is 32.9 Å². The summed E-state index contributed by atoms with van der Waals surface area (Å²) in [5.41, 5.74) is 0.987. The van der Waals surface area contributed by atoms with Crippen LogP contribution in [-0.4, -0.2) is 29.8 Å². The maximum absolute atomic E-state index is 12.1. The number of amides is 1. The van der Waals surface area contributed by atoms with E-state index in [1.807, 2.05) is 0 Å². The van der Waals surface area contributed by atoms with Crippen molar-refractivity contribution in [3.63, 3.8) is 0 Å². The van der Waals surface area contributed by atoms with Crippen molar-refractivity contribution >= 4 is 29.3 Å². The molecule has 11 heteroatoms. The first-order valence-corrected chi connectivity index (χ1v) is 8.29. The van der Waals surface area contributed by atoms with Crippen LogP contribution in [0.25, 0.3) is 6.08 Å². The summed E-state index contributed by atoms with van der Waals surface area (Å²) in [5.74, 6) is -1.97. The van der Waals surface area contributed by atoms with Crippen molar-refractivity contribution in [2.75, 3.05) is 11.9 Å². The number of aryl methyl sites for hydroxylation is 1. The molecule has 1 amide bonds. The van der Waals surface area contributed by atoms with Gasteiger partial charge in [0, 0.05) is 18.2 Å². The third-order valence-electron chi connectivity index (χ3n) is 3.58. The van der Waals surface area contributed by atoms with Crippen molar-refractivity contribution in [2.24, 2.45) is 0 Å². The van der Waals surface area contributed by atoms with Gasteiger partial charge in [-0.25, -0.2) is 4.79 Å². The van der Waals surface area contributed by atoms with Gasteiger partial charge in [0.1, 0.15) is 5.75 Å². The van der Waals surface area contributed by atoms with E-state index in [2.05, 4.69) is 10.1 Å². The average Bonchev–Trinajstić information content (AvgIpc) is 2.66. The molecule has 2 aromatic rings. The van der Waals surface area contributed by atoms with Gasteiger partial charge in [-0.05, 0) is 36.3 Å². The molecule has 1 N–H and O–H groups in total. The fourth-order valence-corrected chi connectivity index (χ4v) is 2.17. The van der Waals surface area contributed by atoms with Crippen molar-refractivity contribution < 1.29 is 37.2 Å². The predicted octanol–water partition coefficient (Wildman–Crippen LogP) is 4.00. The van der Waals surface area contributed by atoms with Crippen LogP contribution in [0.1, 0.15) is 11.1 Å². The lowest BCUT2D eigenvalue weighted by Crippen LogP contribution is -2.20. The molecule has 0 aliphatic carbocycles. The summed E-state index contributed by atoms with van der Waals surface area (Å²) in [5, 5.41) is 13.2. The Kier molecular flexibility index (Phi) is 7.13. The molecular formula is C19H15F3N2O6. The summed E-state index contributed by atoms with van der Waals surface area (Å²) < 4.78 is 44.8. The van der Waals surface area contributed by atoms with Crippen LogP contribution >= 0.6 is 0 Å². The second kappa shape index (κ2) is 9.54. The van der Waals surface area contributed by atoms with Gasteiger partial charge >= 0.3 is 12.3 Å². The van der Waals surface area contributed by atoms with Crippen LogP contribution in [0.4, 0.5) is 24.5 Å². The quantitative estimate of drug-likeness (QED) is 0.312. The Balaban J connectivity index is 1.86. The minimum Gasteiger partial charge on any atom is -0.452 e. The van der Waals surface area contributed by atoms with E-state index in [1.165, 1.54) is 36.4 Å². The molecule has 0 atom stereocenters. The number of halogens is 3. The van der Waals surface area contributed by atoms with Crippen LogP contribution in [0.3, 0.4) is 0 Å². The van der Waals surface area contributed by atoms with Gasteiger partial charge in [-0.2, -0.15) is 0 Å². The molecular weight excluding hydrogens is 409 g/mol. The first-order valence-electron chi connectivity index (χ1n) is 8.29. The SMILES string of the molecule is Cc1ccc([N+](=O)[O-])cc1NC(=O)COC(=O)/C=C/c1ccc(OC(F)(F)F)cc1. The lowest BCUT2D eigenvalue weighted by molar-refractivity contribution is -0.384. The van der Waals surface area contributed by atoms with Crippen LogP contribution in [0.15, 0.2) is 48.5 Å². The number of esters is 1. The molecule has 0 saturated carbocycles. The zero-order valence-electron chi connectivity index (χ0n) is 15.4. The smallest absolute Gasteiger partial charge is 0.452 e. The summed E-state index contributed by atoms with van der Waals surface area (Å²) in [4.78, 5) is 33.8. The molecule has 0 saturated heterocycles. The second-order valence-corrected chi connectivity index (χ2v) is 5.86. The number of hydrogen-bond donors (Lipinski definition) is 1. The number of carbonyl (C=O) groups excluding carboxylic acids is 2. The van der Waals surface area contributed by atoms with E-state index in [1.54, 1.807) is 6.92 Å². The molecule has 0 bridgehead atoms. The van der Waals surface area contributed by atoms with Crippen molar-refractivity contribution in [1.29, 1.82) is 0 Å². The number of nitrogens with zero attached hydrogens (tertiary/aromatic N) is 1. The first-order chi connectivity index (χ1) is 14.0. The standard InChI is InChI=1S/C19H15F3N2O6/c1-12-2-6-14(24(27)28)10-16(12)23-17(25)11-29-18(26)9-5-13-3-7-15(8-4-13)30-19(20,21)22/h2-10H,11H2,1H3,(H,23,25)/b9-5+. The van der Waals surface area contributed by atoms with Crippen LogP contribution in [-0.2, 0) is 14.3 Å². The Morgan fingerprint density at radius 2 is 1.83 bits per heavy atom. The van der Waals surface area contributed by atoms with Gasteiger partial charge in [0.25, 0.3) is 11.6 Å². The number of alkyl halides is 3. The maximum Gasteiger partial charge on any atom is 0.573 e. The topological polar surface area (TPSA) is 108 Å². The van der Waals surface area contributed by atoms with Gasteiger partial charge in [0.15, 0.2) is 6.61 Å². The van der Waals surface area contributed by atoms with Crippen LogP contribution in [0, 0.1) is 17.0 Å². The van der Waals surface area contributed by atoms with Crippen molar-refractivity contribution in [1.82, 2.24) is 0 Å². The van der Waals surface area contributed by atoms with E-state index in [0.29, 0.717) is 11.1 Å². The number of ether oxygens (including phenoxy) is 2. The molecule has 8 nitrogen and oxygen atoms in total. The number of nitro groups is 1. The fraction of sp³-hybridized carbons (Fsp3) is 0.158. The van der Waals surface area contributed by atoms with E-state index >= 15 is 0 Å². The number of nitro benzene ring substituents is 1. The Bertz CT molecular complexity index is 971. The molecule has 0 aliphatic rings. The van der Waals surface area contributed by atoms with Crippen LogP contribution in [0.2, 0.25) is 0 Å². The van der Waals surface area contributed by atoms with Crippen molar-refractivity contribution in [3.05, 3.63) is 69.8 Å². The number of non-ortho nitro benzene ring substituents is 1. The second-order valence-electron chi connectivity index (χ2n) is 5.86. The van der Waals surface area contributed by atoms with Gasteiger partial charge in [-0.15, -0.1) is 13.2 Å². The number of anilines is 1. The molecule has 0 spiro atoms. The highest BCUT2D eigenvalue weighted by Gasteiger charge is 2.30. The minimum atomic E-state index is -4.80. The average molecular weight is 424 g/mol. The van der Waals surface area contributed by atoms with Crippen LogP contribution in [0.5, 0.6) is 5.75 Å². The summed E-state index contributed by atoms with van der Waals surface area (Å²) in [7, 11) is 0. The Morgan fingerprint density at radius 1 is 1.17 bits per heavy atom. The molecule has 158 valence electrons. The minimum absolute atomic E-state index is 0.206. The normalized spacial score (nSPS) is 11.2. The predicted molar refractivity (Wildman–Crippen MR) is 99.6 cm³/mol. The number of hydrogen-bond acceptors (Lipinski definition) is 6. The highest BCUT2D eigenvalue weighted by molar-refractivity contribution is 5.95. The first kappa shape index (κ1) is 22.4. The third kappa shape index (κ3) is 7.26. The van der Waals surface area contributed by atoms with Gasteiger partial charge < -0.3 is 14.8 Å². The van der Waals surface area contributed by atoms with E-state index in [0.717, 1.165) is 18.2 Å². The lowest BCUT2D eigenvalue weighted by Gasteiger charge is -2.08. The van der Waals surface area contributed by atoms with Gasteiger partial charge in [0.2, 0.25) is 0 Å². The Hall–Kier alpha value is -3.89. The largest absolute Gasteiger partial charge is 0.573 e. The third-order valence-corrected chi connectivity index (χ3v) is 3.58. The molecule has 0 aromatic heterocycles. The summed E-state index contributed by atoms with van der Waals surface area (Å²) in [6.07, 6.45) is -2.53. The molecule has 0 fully saturated rings. The summed E-state index contributed by atoms with van der Waals surface area (Å²) >= 11 is 0. The molecule has 0 radical (unpaired) electrons. The van der Waals surface area contributed by atoms with Gasteiger partial charge in [0.05, 0.1) is 10.6 Å². The number of benzene rings is 2. The maximum atomic E-state index is 12.1. The zero-order chi connectivity index (χ0) is 22.3. The van der Waals surface area contributed by atoms with E-state index < -0.39 is 35.5 Å². The van der Waals surface area contributed by atoms with Crippen molar-refractivity contribution in [3.8, 4) is 5.75 Å². The summed E-state index contributed by atoms with van der Waals surface area (Å²) in [6.45, 7) is 1.00. The molecule has 2 rings (SSSR count). The lowest BCUT2D eigenvalue weighted by atomic mass is 10.2. The molecule has 2 aromatic carbocycles. The Labute approximate surface area is 168 Å². The highest BCUT2D eigenvalue weighted by Crippen LogP contribution is 2.23. The molecule has 30 heavy (non-hydrogen) atoms. The molecule has 0 unspecified atom stereocenters.